The zero-order valence-corrected chi connectivity index (χ0v) is 20.6. The van der Waals surface area contributed by atoms with Gasteiger partial charge in [-0.25, -0.2) is 0 Å². The molecule has 3 nitrogen and oxygen atoms in total. The van der Waals surface area contributed by atoms with Crippen LogP contribution in [0.25, 0.3) is 0 Å². The molecule has 4 heteroatoms. The fraction of sp³-hybridized carbons (Fsp3) is 0.778. The summed E-state index contributed by atoms with van der Waals surface area (Å²) in [5, 5.41) is 0. The van der Waals surface area contributed by atoms with Crippen LogP contribution in [0.15, 0.2) is 23.1 Å². The zero-order chi connectivity index (χ0) is 22.3. The molecule has 2 aliphatic carbocycles. The summed E-state index contributed by atoms with van der Waals surface area (Å²) >= 11 is 0. The molecule has 2 fully saturated rings. The lowest BCUT2D eigenvalue weighted by Gasteiger charge is -2.38. The SMILES string of the molecule is CCCCC[C@H]1CC[C@H](C2CCC(CCCc3cccc(C)c3S(=O)(=O)O)CC2)CC1. The summed E-state index contributed by atoms with van der Waals surface area (Å²) in [5.74, 6) is 3.73. The van der Waals surface area contributed by atoms with Gasteiger partial charge in [0, 0.05) is 0 Å². The molecular formula is C27H44O3S. The van der Waals surface area contributed by atoms with E-state index in [0.29, 0.717) is 5.56 Å². The van der Waals surface area contributed by atoms with Crippen molar-refractivity contribution in [1.29, 1.82) is 0 Å². The average molecular weight is 449 g/mol. The molecule has 31 heavy (non-hydrogen) atoms. The van der Waals surface area contributed by atoms with Crippen molar-refractivity contribution in [1.82, 2.24) is 0 Å². The normalized spacial score (nSPS) is 27.3. The van der Waals surface area contributed by atoms with Crippen LogP contribution in [0.1, 0.15) is 108 Å². The minimum Gasteiger partial charge on any atom is -0.282 e. The van der Waals surface area contributed by atoms with Gasteiger partial charge in [0.1, 0.15) is 0 Å². The Kier molecular flexibility index (Phi) is 9.46. The van der Waals surface area contributed by atoms with Crippen LogP contribution in [-0.2, 0) is 16.5 Å². The van der Waals surface area contributed by atoms with Crippen LogP contribution in [0.3, 0.4) is 0 Å². The number of aryl methyl sites for hydroxylation is 2. The van der Waals surface area contributed by atoms with Gasteiger partial charge in [0.05, 0.1) is 4.90 Å². The van der Waals surface area contributed by atoms with Crippen molar-refractivity contribution < 1.29 is 13.0 Å². The van der Waals surface area contributed by atoms with Gasteiger partial charge in [0.15, 0.2) is 0 Å². The van der Waals surface area contributed by atoms with E-state index in [0.717, 1.165) is 42.1 Å². The molecule has 0 amide bonds. The Balaban J connectivity index is 1.38. The summed E-state index contributed by atoms with van der Waals surface area (Å²) in [5.41, 5.74) is 1.41. The minimum absolute atomic E-state index is 0.129. The lowest BCUT2D eigenvalue weighted by Crippen LogP contribution is -2.26. The highest BCUT2D eigenvalue weighted by molar-refractivity contribution is 7.86. The Morgan fingerprint density at radius 3 is 1.90 bits per heavy atom. The topological polar surface area (TPSA) is 54.4 Å². The third-order valence-electron chi connectivity index (χ3n) is 8.28. The predicted octanol–water partition coefficient (Wildman–Crippen LogP) is 7.76. The second-order valence-corrected chi connectivity index (χ2v) is 11.8. The fourth-order valence-electron chi connectivity index (χ4n) is 6.44. The van der Waals surface area contributed by atoms with E-state index in [2.05, 4.69) is 6.92 Å². The number of unbranched alkanes of at least 4 members (excludes halogenated alkanes) is 2. The molecule has 0 atom stereocenters. The largest absolute Gasteiger partial charge is 0.295 e. The van der Waals surface area contributed by atoms with E-state index in [4.69, 9.17) is 0 Å². The van der Waals surface area contributed by atoms with Gasteiger partial charge in [-0.3, -0.25) is 4.55 Å². The molecule has 176 valence electrons. The van der Waals surface area contributed by atoms with E-state index in [1.165, 1.54) is 83.5 Å². The van der Waals surface area contributed by atoms with Crippen LogP contribution in [0.5, 0.6) is 0 Å². The Morgan fingerprint density at radius 2 is 1.39 bits per heavy atom. The van der Waals surface area contributed by atoms with Crippen LogP contribution in [0.2, 0.25) is 0 Å². The molecule has 0 radical (unpaired) electrons. The maximum atomic E-state index is 11.8. The fourth-order valence-corrected chi connectivity index (χ4v) is 7.42. The third-order valence-corrected chi connectivity index (χ3v) is 9.38. The van der Waals surface area contributed by atoms with Crippen LogP contribution in [0, 0.1) is 30.6 Å². The lowest BCUT2D eigenvalue weighted by molar-refractivity contribution is 0.140. The van der Waals surface area contributed by atoms with E-state index < -0.39 is 10.1 Å². The minimum atomic E-state index is -4.15. The van der Waals surface area contributed by atoms with Gasteiger partial charge < -0.3 is 0 Å². The van der Waals surface area contributed by atoms with Crippen molar-refractivity contribution in [3.8, 4) is 0 Å². The molecule has 2 saturated carbocycles. The van der Waals surface area contributed by atoms with Gasteiger partial charge in [0.2, 0.25) is 0 Å². The summed E-state index contributed by atoms with van der Waals surface area (Å²) in [6.07, 6.45) is 19.9. The zero-order valence-electron chi connectivity index (χ0n) is 19.8. The quantitative estimate of drug-likeness (QED) is 0.294. The van der Waals surface area contributed by atoms with E-state index >= 15 is 0 Å². The highest BCUT2D eigenvalue weighted by atomic mass is 32.2. The van der Waals surface area contributed by atoms with Gasteiger partial charge >= 0.3 is 0 Å². The van der Waals surface area contributed by atoms with Gasteiger partial charge in [-0.2, -0.15) is 8.42 Å². The highest BCUT2D eigenvalue weighted by Crippen LogP contribution is 2.43. The molecule has 0 spiro atoms. The van der Waals surface area contributed by atoms with Crippen molar-refractivity contribution in [2.24, 2.45) is 23.7 Å². The number of hydrogen-bond acceptors (Lipinski definition) is 2. The van der Waals surface area contributed by atoms with Gasteiger partial charge in [-0.15, -0.1) is 0 Å². The molecule has 1 aromatic carbocycles. The third kappa shape index (κ3) is 7.32. The summed E-state index contributed by atoms with van der Waals surface area (Å²) in [7, 11) is -4.15. The lowest BCUT2D eigenvalue weighted by atomic mass is 9.68. The Hall–Kier alpha value is -0.870. The second kappa shape index (κ2) is 11.8. The first-order chi connectivity index (χ1) is 14.9. The summed E-state index contributed by atoms with van der Waals surface area (Å²) in [4.78, 5) is 0.129. The standard InChI is InChI=1S/C27H44O3S/c1-3-4-5-9-22-13-17-24(18-14-22)25-19-15-23(16-20-25)10-7-12-26-11-6-8-21(2)27(26)31(28,29)30/h6,8,11,22-25H,3-5,7,9-10,12-20H2,1-2H3,(H,28,29,30)/t22-,23?,24-,25?. The van der Waals surface area contributed by atoms with Gasteiger partial charge in [0.25, 0.3) is 10.1 Å². The molecule has 0 saturated heterocycles. The van der Waals surface area contributed by atoms with Crippen molar-refractivity contribution in [2.75, 3.05) is 0 Å². The smallest absolute Gasteiger partial charge is 0.282 e. The number of benzene rings is 1. The molecule has 1 N–H and O–H groups in total. The van der Waals surface area contributed by atoms with Crippen LogP contribution >= 0.6 is 0 Å². The van der Waals surface area contributed by atoms with Crippen molar-refractivity contribution >= 4 is 10.1 Å². The van der Waals surface area contributed by atoms with E-state index in [9.17, 15) is 13.0 Å². The van der Waals surface area contributed by atoms with Gasteiger partial charge in [-0.05, 0) is 80.2 Å². The summed E-state index contributed by atoms with van der Waals surface area (Å²) < 4.78 is 33.1. The molecule has 0 aliphatic heterocycles. The van der Waals surface area contributed by atoms with E-state index in [1.54, 1.807) is 13.0 Å². The molecule has 2 aliphatic rings. The van der Waals surface area contributed by atoms with E-state index in [1.807, 2.05) is 12.1 Å². The Bertz CT molecular complexity index is 770. The number of hydrogen-bond donors (Lipinski definition) is 1. The van der Waals surface area contributed by atoms with Crippen LogP contribution < -0.4 is 0 Å². The van der Waals surface area contributed by atoms with Gasteiger partial charge in [-0.1, -0.05) is 82.9 Å². The highest BCUT2D eigenvalue weighted by Gasteiger charge is 2.30. The van der Waals surface area contributed by atoms with Crippen molar-refractivity contribution in [3.63, 3.8) is 0 Å². The maximum absolute atomic E-state index is 11.8. The Morgan fingerprint density at radius 1 is 0.839 bits per heavy atom. The van der Waals surface area contributed by atoms with E-state index in [-0.39, 0.29) is 4.90 Å². The molecular weight excluding hydrogens is 404 g/mol. The molecule has 3 rings (SSSR count). The molecule has 1 aromatic rings. The molecule has 0 heterocycles. The average Bonchev–Trinajstić information content (AvgIpc) is 2.74. The molecule has 0 unspecified atom stereocenters. The first-order valence-corrected chi connectivity index (χ1v) is 14.4. The van der Waals surface area contributed by atoms with Crippen molar-refractivity contribution in [3.05, 3.63) is 29.3 Å². The van der Waals surface area contributed by atoms with Crippen molar-refractivity contribution in [2.45, 2.75) is 115 Å². The molecule has 0 bridgehead atoms. The molecule has 0 aromatic heterocycles. The van der Waals surface area contributed by atoms with Crippen LogP contribution in [0.4, 0.5) is 0 Å². The number of rotatable bonds is 10. The Labute approximate surface area is 191 Å². The monoisotopic (exact) mass is 448 g/mol. The first-order valence-electron chi connectivity index (χ1n) is 12.9. The predicted molar refractivity (Wildman–Crippen MR) is 129 cm³/mol. The first kappa shape index (κ1) is 24.8. The second-order valence-electron chi connectivity index (χ2n) is 10.5. The summed E-state index contributed by atoms with van der Waals surface area (Å²) in [6.45, 7) is 4.05. The summed E-state index contributed by atoms with van der Waals surface area (Å²) in [6, 6.07) is 5.50. The maximum Gasteiger partial charge on any atom is 0.295 e. The van der Waals surface area contributed by atoms with Crippen LogP contribution in [-0.4, -0.2) is 13.0 Å².